The summed E-state index contributed by atoms with van der Waals surface area (Å²) in [6.45, 7) is 5.41. The van der Waals surface area contributed by atoms with Crippen LogP contribution in [0, 0.1) is 0 Å². The first-order valence-corrected chi connectivity index (χ1v) is 6.86. The molecule has 15 heavy (non-hydrogen) atoms. The molecule has 0 bridgehead atoms. The van der Waals surface area contributed by atoms with Gasteiger partial charge in [0.05, 0.1) is 3.79 Å². The summed E-state index contributed by atoms with van der Waals surface area (Å²) < 4.78 is 1.17. The van der Waals surface area contributed by atoms with Crippen LogP contribution in [0.25, 0.3) is 0 Å². The van der Waals surface area contributed by atoms with Crippen molar-refractivity contribution in [1.29, 1.82) is 0 Å². The molecule has 0 saturated carbocycles. The van der Waals surface area contributed by atoms with Gasteiger partial charge in [0.25, 0.3) is 0 Å². The van der Waals surface area contributed by atoms with E-state index in [0.29, 0.717) is 0 Å². The molecule has 0 amide bonds. The largest absolute Gasteiger partial charge is 0.396 e. The topological polar surface area (TPSA) is 32.3 Å². The highest BCUT2D eigenvalue weighted by molar-refractivity contribution is 9.11. The van der Waals surface area contributed by atoms with E-state index in [9.17, 15) is 0 Å². The van der Waals surface area contributed by atoms with Gasteiger partial charge in [-0.15, -0.1) is 11.3 Å². The Morgan fingerprint density at radius 2 is 2.33 bits per heavy atom. The summed E-state index contributed by atoms with van der Waals surface area (Å²) in [7, 11) is 0. The van der Waals surface area contributed by atoms with Gasteiger partial charge in [0.1, 0.15) is 0 Å². The summed E-state index contributed by atoms with van der Waals surface area (Å²) in [5, 5.41) is 14.6. The molecule has 0 aliphatic carbocycles. The van der Waals surface area contributed by atoms with E-state index in [0.717, 1.165) is 19.4 Å². The molecule has 0 fully saturated rings. The Kier molecular flexibility index (Phi) is 5.26. The Bertz CT molecular complexity index is 303. The SMILES string of the molecule is CCC(C)(CCO)NCc1csc(Br)c1. The fourth-order valence-corrected chi connectivity index (χ4v) is 2.60. The van der Waals surface area contributed by atoms with Crippen molar-refractivity contribution in [2.45, 2.75) is 38.8 Å². The molecule has 2 N–H and O–H groups in total. The van der Waals surface area contributed by atoms with E-state index >= 15 is 0 Å². The molecule has 0 aromatic carbocycles. The zero-order valence-corrected chi connectivity index (χ0v) is 11.6. The highest BCUT2D eigenvalue weighted by atomic mass is 79.9. The van der Waals surface area contributed by atoms with Crippen LogP contribution in [0.1, 0.15) is 32.3 Å². The standard InChI is InChI=1S/C11H18BrNOS/c1-3-11(2,4-5-14)13-7-9-6-10(12)15-8-9/h6,8,13-14H,3-5,7H2,1-2H3. The lowest BCUT2D eigenvalue weighted by Gasteiger charge is -2.29. The number of hydrogen-bond donors (Lipinski definition) is 2. The zero-order chi connectivity index (χ0) is 11.3. The molecule has 1 unspecified atom stereocenters. The van der Waals surface area contributed by atoms with Crippen molar-refractivity contribution in [3.05, 3.63) is 20.8 Å². The molecule has 0 radical (unpaired) electrons. The highest BCUT2D eigenvalue weighted by Gasteiger charge is 2.20. The molecule has 1 aromatic heterocycles. The fourth-order valence-electron chi connectivity index (χ4n) is 1.39. The first-order chi connectivity index (χ1) is 7.09. The van der Waals surface area contributed by atoms with E-state index in [1.165, 1.54) is 9.35 Å². The van der Waals surface area contributed by atoms with Crippen LogP contribution in [-0.4, -0.2) is 17.3 Å². The molecule has 4 heteroatoms. The highest BCUT2D eigenvalue weighted by Crippen LogP contribution is 2.22. The van der Waals surface area contributed by atoms with Gasteiger partial charge in [0.15, 0.2) is 0 Å². The smallest absolute Gasteiger partial charge is 0.0701 e. The first kappa shape index (κ1) is 13.2. The minimum Gasteiger partial charge on any atom is -0.396 e. The van der Waals surface area contributed by atoms with E-state index in [-0.39, 0.29) is 12.1 Å². The number of halogens is 1. The van der Waals surface area contributed by atoms with Gasteiger partial charge >= 0.3 is 0 Å². The zero-order valence-electron chi connectivity index (χ0n) is 9.22. The van der Waals surface area contributed by atoms with Crippen molar-refractivity contribution in [2.75, 3.05) is 6.61 Å². The number of aliphatic hydroxyl groups is 1. The van der Waals surface area contributed by atoms with Crippen LogP contribution in [0.5, 0.6) is 0 Å². The second kappa shape index (κ2) is 5.99. The summed E-state index contributed by atoms with van der Waals surface area (Å²) in [5.74, 6) is 0. The number of rotatable bonds is 6. The maximum absolute atomic E-state index is 8.99. The Morgan fingerprint density at radius 1 is 1.60 bits per heavy atom. The molecule has 1 aromatic rings. The second-order valence-electron chi connectivity index (χ2n) is 4.00. The number of thiophene rings is 1. The number of aliphatic hydroxyl groups excluding tert-OH is 1. The summed E-state index contributed by atoms with van der Waals surface area (Å²) in [6, 6.07) is 2.13. The lowest BCUT2D eigenvalue weighted by Crippen LogP contribution is -2.41. The van der Waals surface area contributed by atoms with E-state index in [2.05, 4.69) is 46.5 Å². The molecule has 86 valence electrons. The van der Waals surface area contributed by atoms with Crippen LogP contribution in [0.15, 0.2) is 15.2 Å². The van der Waals surface area contributed by atoms with Gasteiger partial charge in [0.2, 0.25) is 0 Å². The Hall–Kier alpha value is 0.100. The summed E-state index contributed by atoms with van der Waals surface area (Å²) >= 11 is 5.15. The molecule has 2 nitrogen and oxygen atoms in total. The summed E-state index contributed by atoms with van der Waals surface area (Å²) in [4.78, 5) is 0. The molecule has 1 atom stereocenters. The van der Waals surface area contributed by atoms with Gasteiger partial charge in [-0.05, 0) is 52.7 Å². The molecule has 0 aliphatic rings. The molecule has 1 rings (SSSR count). The lowest BCUT2D eigenvalue weighted by atomic mass is 9.95. The third kappa shape index (κ3) is 4.23. The van der Waals surface area contributed by atoms with Crippen molar-refractivity contribution in [2.24, 2.45) is 0 Å². The van der Waals surface area contributed by atoms with Crippen LogP contribution >= 0.6 is 27.3 Å². The molecular weight excluding hydrogens is 274 g/mol. The molecule has 1 heterocycles. The van der Waals surface area contributed by atoms with E-state index < -0.39 is 0 Å². The van der Waals surface area contributed by atoms with Crippen LogP contribution in [0.4, 0.5) is 0 Å². The lowest BCUT2D eigenvalue weighted by molar-refractivity contribution is 0.214. The Morgan fingerprint density at radius 3 is 2.80 bits per heavy atom. The van der Waals surface area contributed by atoms with Crippen molar-refractivity contribution in [1.82, 2.24) is 5.32 Å². The Labute approximate surface area is 104 Å². The van der Waals surface area contributed by atoms with Crippen molar-refractivity contribution >= 4 is 27.3 Å². The van der Waals surface area contributed by atoms with Gasteiger partial charge in [-0.2, -0.15) is 0 Å². The van der Waals surface area contributed by atoms with Crippen LogP contribution in [0.3, 0.4) is 0 Å². The maximum atomic E-state index is 8.99. The van der Waals surface area contributed by atoms with Gasteiger partial charge in [-0.25, -0.2) is 0 Å². The van der Waals surface area contributed by atoms with Gasteiger partial charge < -0.3 is 10.4 Å². The number of nitrogens with one attached hydrogen (secondary N) is 1. The Balaban J connectivity index is 2.47. The minimum absolute atomic E-state index is 0.0448. The average molecular weight is 292 g/mol. The average Bonchev–Trinajstić information content (AvgIpc) is 2.62. The molecule has 0 aliphatic heterocycles. The quantitative estimate of drug-likeness (QED) is 0.844. The van der Waals surface area contributed by atoms with Gasteiger partial charge in [-0.3, -0.25) is 0 Å². The van der Waals surface area contributed by atoms with Crippen molar-refractivity contribution in [3.8, 4) is 0 Å². The molecule has 0 saturated heterocycles. The summed E-state index contributed by atoms with van der Waals surface area (Å²) in [6.07, 6.45) is 1.83. The van der Waals surface area contributed by atoms with Crippen LogP contribution in [0.2, 0.25) is 0 Å². The van der Waals surface area contributed by atoms with Crippen LogP contribution < -0.4 is 5.32 Å². The monoisotopic (exact) mass is 291 g/mol. The van der Waals surface area contributed by atoms with Crippen LogP contribution in [-0.2, 0) is 6.54 Å². The predicted octanol–water partition coefficient (Wildman–Crippen LogP) is 3.15. The predicted molar refractivity (Wildman–Crippen MR) is 69.3 cm³/mol. The molecular formula is C11H18BrNOS. The second-order valence-corrected chi connectivity index (χ2v) is 6.29. The third-order valence-electron chi connectivity index (χ3n) is 2.78. The number of hydrogen-bond acceptors (Lipinski definition) is 3. The van der Waals surface area contributed by atoms with Crippen molar-refractivity contribution in [3.63, 3.8) is 0 Å². The first-order valence-electron chi connectivity index (χ1n) is 5.18. The molecule has 0 spiro atoms. The van der Waals surface area contributed by atoms with E-state index in [4.69, 9.17) is 5.11 Å². The fraction of sp³-hybridized carbons (Fsp3) is 0.636. The van der Waals surface area contributed by atoms with Gasteiger partial charge in [-0.1, -0.05) is 6.92 Å². The minimum atomic E-state index is 0.0448. The van der Waals surface area contributed by atoms with E-state index in [1.807, 2.05) is 0 Å². The third-order valence-corrected chi connectivity index (χ3v) is 4.34. The van der Waals surface area contributed by atoms with Gasteiger partial charge in [0, 0.05) is 18.7 Å². The summed E-state index contributed by atoms with van der Waals surface area (Å²) in [5.41, 5.74) is 1.34. The maximum Gasteiger partial charge on any atom is 0.0701 e. The normalized spacial score (nSPS) is 15.2. The van der Waals surface area contributed by atoms with Crippen molar-refractivity contribution < 1.29 is 5.11 Å². The van der Waals surface area contributed by atoms with E-state index in [1.54, 1.807) is 11.3 Å².